The first-order chi connectivity index (χ1) is 8.88. The van der Waals surface area contributed by atoms with Gasteiger partial charge in [-0.15, -0.1) is 0 Å². The zero-order chi connectivity index (χ0) is 12.0. The number of para-hydroxylation sites is 2. The first-order valence-corrected chi connectivity index (χ1v) is 5.92. The van der Waals surface area contributed by atoms with Crippen LogP contribution in [0.15, 0.2) is 48.6 Å². The van der Waals surface area contributed by atoms with E-state index < -0.39 is 11.9 Å². The van der Waals surface area contributed by atoms with Crippen LogP contribution in [0, 0.1) is 0 Å². The largest absolute Gasteiger partial charge is 0.447 e. The average Bonchev–Trinajstić information content (AvgIpc) is 3.03. The fourth-order valence-electron chi connectivity index (χ4n) is 2.51. The van der Waals surface area contributed by atoms with Crippen LogP contribution in [0.5, 0.6) is 11.5 Å². The summed E-state index contributed by atoms with van der Waals surface area (Å²) >= 11 is 0. The van der Waals surface area contributed by atoms with Crippen molar-refractivity contribution < 1.29 is 18.9 Å². The van der Waals surface area contributed by atoms with Gasteiger partial charge in [0.2, 0.25) is 0 Å². The summed E-state index contributed by atoms with van der Waals surface area (Å²) in [5.74, 6) is 1.49. The second-order valence-corrected chi connectivity index (χ2v) is 4.46. The van der Waals surface area contributed by atoms with Crippen molar-refractivity contribution in [1.29, 1.82) is 0 Å². The van der Waals surface area contributed by atoms with Gasteiger partial charge in [0.1, 0.15) is 12.9 Å². The molecule has 4 heteroatoms. The van der Waals surface area contributed by atoms with Gasteiger partial charge in [-0.2, -0.15) is 0 Å². The van der Waals surface area contributed by atoms with Gasteiger partial charge < -0.3 is 18.9 Å². The Morgan fingerprint density at radius 3 is 2.61 bits per heavy atom. The van der Waals surface area contributed by atoms with Crippen molar-refractivity contribution in [2.75, 3.05) is 6.79 Å². The minimum absolute atomic E-state index is 0.165. The molecular formula is C14H12O4. The van der Waals surface area contributed by atoms with Crippen LogP contribution in [0.2, 0.25) is 0 Å². The molecular weight excluding hydrogens is 232 g/mol. The Balaban J connectivity index is 1.69. The molecule has 0 aromatic heterocycles. The molecule has 0 bridgehead atoms. The molecule has 0 saturated carbocycles. The summed E-state index contributed by atoms with van der Waals surface area (Å²) < 4.78 is 23.0. The van der Waals surface area contributed by atoms with E-state index in [9.17, 15) is 0 Å². The molecule has 1 fully saturated rings. The maximum Gasteiger partial charge on any atom is 0.276 e. The zero-order valence-electron chi connectivity index (χ0n) is 9.61. The van der Waals surface area contributed by atoms with Crippen LogP contribution in [0.4, 0.5) is 0 Å². The maximum absolute atomic E-state index is 5.84. The number of benzene rings is 1. The first kappa shape index (κ1) is 10.2. The second-order valence-electron chi connectivity index (χ2n) is 4.46. The Labute approximate surface area is 104 Å². The van der Waals surface area contributed by atoms with Crippen LogP contribution >= 0.6 is 0 Å². The lowest BCUT2D eigenvalue weighted by atomic mass is 9.91. The molecule has 0 radical (unpaired) electrons. The van der Waals surface area contributed by atoms with Crippen LogP contribution in [0.25, 0.3) is 0 Å². The molecule has 1 aliphatic carbocycles. The molecule has 2 atom stereocenters. The Morgan fingerprint density at radius 1 is 1.06 bits per heavy atom. The van der Waals surface area contributed by atoms with E-state index in [1.54, 1.807) is 0 Å². The number of allylic oxidation sites excluding steroid dienone is 2. The maximum atomic E-state index is 5.84. The molecule has 0 N–H and O–H groups in total. The van der Waals surface area contributed by atoms with Crippen LogP contribution < -0.4 is 9.47 Å². The molecule has 4 nitrogen and oxygen atoms in total. The highest BCUT2D eigenvalue weighted by Gasteiger charge is 2.54. The molecule has 1 aromatic rings. The Hall–Kier alpha value is -1.78. The van der Waals surface area contributed by atoms with Gasteiger partial charge in [0.05, 0.1) is 0 Å². The Kier molecular flexibility index (Phi) is 2.04. The highest BCUT2D eigenvalue weighted by Crippen LogP contribution is 2.43. The Bertz CT molecular complexity index is 511. The van der Waals surface area contributed by atoms with E-state index in [0.717, 1.165) is 11.5 Å². The van der Waals surface area contributed by atoms with Crippen LogP contribution in [-0.2, 0) is 9.47 Å². The predicted octanol–water partition coefficient (Wildman–Crippen LogP) is 2.02. The van der Waals surface area contributed by atoms with Crippen molar-refractivity contribution >= 4 is 0 Å². The lowest BCUT2D eigenvalue weighted by molar-refractivity contribution is -0.117. The topological polar surface area (TPSA) is 36.9 Å². The molecule has 2 unspecified atom stereocenters. The quantitative estimate of drug-likeness (QED) is 0.757. The van der Waals surface area contributed by atoms with E-state index in [1.165, 1.54) is 0 Å². The van der Waals surface area contributed by atoms with Crippen LogP contribution in [0.3, 0.4) is 0 Å². The van der Waals surface area contributed by atoms with Crippen molar-refractivity contribution in [2.24, 2.45) is 0 Å². The molecule has 3 aliphatic rings. The number of ether oxygens (including phenoxy) is 4. The molecule has 0 amide bonds. The lowest BCUT2D eigenvalue weighted by Crippen LogP contribution is -2.52. The van der Waals surface area contributed by atoms with E-state index in [4.69, 9.17) is 18.9 Å². The molecule has 2 aliphatic heterocycles. The van der Waals surface area contributed by atoms with Gasteiger partial charge in [0.15, 0.2) is 17.1 Å². The second kappa shape index (κ2) is 3.60. The number of fused-ring (bicyclic) bond motifs is 2. The standard InChI is InChI=1S/C14H12O4/c1-2-6-11-10(5-1)17-13(18-11)14-8-4-3-7-12(14)15-9-16-14/h1-8,12-13H,9H2. The average molecular weight is 244 g/mol. The van der Waals surface area contributed by atoms with E-state index in [0.29, 0.717) is 0 Å². The first-order valence-electron chi connectivity index (χ1n) is 5.92. The van der Waals surface area contributed by atoms with Crippen molar-refractivity contribution in [2.45, 2.75) is 18.0 Å². The van der Waals surface area contributed by atoms with Crippen molar-refractivity contribution in [3.8, 4) is 11.5 Å². The molecule has 0 spiro atoms. The predicted molar refractivity (Wildman–Crippen MR) is 63.3 cm³/mol. The lowest BCUT2D eigenvalue weighted by Gasteiger charge is -2.33. The molecule has 2 heterocycles. The van der Waals surface area contributed by atoms with Gasteiger partial charge in [0, 0.05) is 0 Å². The summed E-state index contributed by atoms with van der Waals surface area (Å²) in [7, 11) is 0. The van der Waals surface area contributed by atoms with Gasteiger partial charge in [0.25, 0.3) is 6.29 Å². The fourth-order valence-corrected chi connectivity index (χ4v) is 2.51. The molecule has 4 rings (SSSR count). The highest BCUT2D eigenvalue weighted by atomic mass is 16.8. The molecule has 1 aromatic carbocycles. The van der Waals surface area contributed by atoms with Crippen molar-refractivity contribution in [3.05, 3.63) is 48.6 Å². The summed E-state index contributed by atoms with van der Waals surface area (Å²) in [5.41, 5.74) is -0.687. The number of rotatable bonds is 1. The third-order valence-corrected chi connectivity index (χ3v) is 3.44. The van der Waals surface area contributed by atoms with Crippen molar-refractivity contribution in [1.82, 2.24) is 0 Å². The molecule has 1 saturated heterocycles. The van der Waals surface area contributed by atoms with Crippen LogP contribution in [-0.4, -0.2) is 24.8 Å². The smallest absolute Gasteiger partial charge is 0.276 e. The van der Waals surface area contributed by atoms with Gasteiger partial charge in [-0.3, -0.25) is 0 Å². The van der Waals surface area contributed by atoms with Gasteiger partial charge in [-0.05, 0) is 18.2 Å². The number of hydrogen-bond acceptors (Lipinski definition) is 4. The van der Waals surface area contributed by atoms with Crippen LogP contribution in [0.1, 0.15) is 0 Å². The van der Waals surface area contributed by atoms with E-state index in [1.807, 2.05) is 48.6 Å². The van der Waals surface area contributed by atoms with Gasteiger partial charge in [-0.1, -0.05) is 30.4 Å². The summed E-state index contributed by atoms with van der Waals surface area (Å²) in [4.78, 5) is 0. The fraction of sp³-hybridized carbons (Fsp3) is 0.286. The number of hydrogen-bond donors (Lipinski definition) is 0. The molecule has 18 heavy (non-hydrogen) atoms. The van der Waals surface area contributed by atoms with E-state index in [-0.39, 0.29) is 12.9 Å². The third-order valence-electron chi connectivity index (χ3n) is 3.44. The minimum atomic E-state index is -0.687. The zero-order valence-corrected chi connectivity index (χ0v) is 9.61. The summed E-state index contributed by atoms with van der Waals surface area (Å²) in [5, 5.41) is 0. The van der Waals surface area contributed by atoms with E-state index >= 15 is 0 Å². The minimum Gasteiger partial charge on any atom is -0.447 e. The van der Waals surface area contributed by atoms with Crippen molar-refractivity contribution in [3.63, 3.8) is 0 Å². The van der Waals surface area contributed by atoms with E-state index in [2.05, 4.69) is 0 Å². The normalized spacial score (nSPS) is 32.8. The monoisotopic (exact) mass is 244 g/mol. The SMILES string of the molecule is C1=CC2OCOC2(C2Oc3ccccc3O2)C=C1. The van der Waals surface area contributed by atoms with Gasteiger partial charge >= 0.3 is 0 Å². The Morgan fingerprint density at radius 2 is 1.83 bits per heavy atom. The third kappa shape index (κ3) is 1.27. The molecule has 92 valence electrons. The summed E-state index contributed by atoms with van der Waals surface area (Å²) in [6, 6.07) is 7.61. The summed E-state index contributed by atoms with van der Waals surface area (Å²) in [6.07, 6.45) is 7.11. The van der Waals surface area contributed by atoms with Gasteiger partial charge in [-0.25, -0.2) is 0 Å². The highest BCUT2D eigenvalue weighted by molar-refractivity contribution is 5.43. The summed E-state index contributed by atoms with van der Waals surface area (Å²) in [6.45, 7) is 0.249.